The second kappa shape index (κ2) is 16.9. The van der Waals surface area contributed by atoms with Crippen LogP contribution in [0, 0.1) is 0 Å². The number of aliphatic hydroxyl groups is 1. The van der Waals surface area contributed by atoms with Gasteiger partial charge in [-0.15, -0.1) is 0 Å². The molecule has 0 aliphatic carbocycles. The molecule has 0 aromatic heterocycles. The Kier molecular flexibility index (Phi) is 12.9. The zero-order valence-electron chi connectivity index (χ0n) is 27.3. The molecule has 1 aliphatic rings. The van der Waals surface area contributed by atoms with Gasteiger partial charge < -0.3 is 31.1 Å². The number of nitrogens with zero attached hydrogens (tertiary/aromatic N) is 1. The standard InChI is InChI=1S/C33H46N6O7S2/c1-3-4-5-6-19-34-33(42)36-26-10-14-29(15-11-26)48(45,46)37-27-8-12-28(13-9-27)39-20-17-25(18-21-39)35-23-32(41)24-7-16-31(40)30(22-24)38-47(2,43)44/h7-16,22,25,32,35,37-38,40-41H,3-6,17-21,23H2,1-2H3,(H2,34,36,42)/t32-/m0/s1. The summed E-state index contributed by atoms with van der Waals surface area (Å²) in [5.41, 5.74) is 2.37. The number of unbranched alkanes of at least 4 members (excludes halogenated alkanes) is 3. The number of sulfonamides is 2. The number of aromatic hydroxyl groups is 1. The van der Waals surface area contributed by atoms with E-state index in [1.165, 1.54) is 24.3 Å². The van der Waals surface area contributed by atoms with Crippen molar-refractivity contribution in [3.63, 3.8) is 0 Å². The lowest BCUT2D eigenvalue weighted by atomic mass is 10.0. The number of piperidine rings is 1. The van der Waals surface area contributed by atoms with Crippen LogP contribution in [0.4, 0.5) is 27.5 Å². The molecule has 1 heterocycles. The molecule has 0 radical (unpaired) electrons. The summed E-state index contributed by atoms with van der Waals surface area (Å²) < 4.78 is 53.9. The van der Waals surface area contributed by atoms with Gasteiger partial charge >= 0.3 is 6.03 Å². The van der Waals surface area contributed by atoms with Crippen molar-refractivity contribution in [2.75, 3.05) is 52.1 Å². The van der Waals surface area contributed by atoms with Crippen molar-refractivity contribution in [1.82, 2.24) is 10.6 Å². The topological polar surface area (TPSA) is 189 Å². The Balaban J connectivity index is 1.22. The molecule has 1 fully saturated rings. The lowest BCUT2D eigenvalue weighted by Gasteiger charge is -2.34. The Bertz CT molecular complexity index is 1710. The fourth-order valence-corrected chi connectivity index (χ4v) is 7.00. The Labute approximate surface area is 283 Å². The first-order valence-electron chi connectivity index (χ1n) is 16.1. The predicted octanol–water partition coefficient (Wildman–Crippen LogP) is 4.56. The van der Waals surface area contributed by atoms with E-state index in [9.17, 15) is 31.8 Å². The van der Waals surface area contributed by atoms with E-state index in [0.29, 0.717) is 23.5 Å². The average molecular weight is 703 g/mol. The summed E-state index contributed by atoms with van der Waals surface area (Å²) in [5.74, 6) is -0.225. The van der Waals surface area contributed by atoms with Crippen molar-refractivity contribution in [3.05, 3.63) is 72.3 Å². The summed E-state index contributed by atoms with van der Waals surface area (Å²) in [6.07, 6.45) is 5.97. The number of anilines is 4. The third-order valence-corrected chi connectivity index (χ3v) is 10.0. The Morgan fingerprint density at radius 1 is 0.896 bits per heavy atom. The molecule has 0 unspecified atom stereocenters. The van der Waals surface area contributed by atoms with Crippen LogP contribution in [0.3, 0.4) is 0 Å². The minimum Gasteiger partial charge on any atom is -0.506 e. The molecule has 1 aliphatic heterocycles. The summed E-state index contributed by atoms with van der Waals surface area (Å²) in [6, 6.07) is 17.3. The molecule has 3 aromatic rings. The average Bonchev–Trinajstić information content (AvgIpc) is 3.04. The molecule has 1 saturated heterocycles. The molecule has 3 aromatic carbocycles. The molecule has 13 nitrogen and oxygen atoms in total. The molecule has 1 atom stereocenters. The van der Waals surface area contributed by atoms with Crippen LogP contribution in [-0.4, -0.2) is 71.6 Å². The van der Waals surface area contributed by atoms with E-state index >= 15 is 0 Å². The van der Waals surface area contributed by atoms with E-state index in [4.69, 9.17) is 0 Å². The molecular weight excluding hydrogens is 657 g/mol. The number of nitrogens with one attached hydrogen (secondary N) is 5. The van der Waals surface area contributed by atoms with E-state index in [-0.39, 0.29) is 35.0 Å². The molecule has 0 saturated carbocycles. The maximum Gasteiger partial charge on any atom is 0.319 e. The summed E-state index contributed by atoms with van der Waals surface area (Å²) in [5, 5.41) is 29.5. The largest absolute Gasteiger partial charge is 0.506 e. The summed E-state index contributed by atoms with van der Waals surface area (Å²) in [4.78, 5) is 14.4. The Morgan fingerprint density at radius 2 is 1.56 bits per heavy atom. The minimum atomic E-state index is -3.84. The van der Waals surface area contributed by atoms with Crippen molar-refractivity contribution >= 4 is 48.8 Å². The monoisotopic (exact) mass is 702 g/mol. The number of carbonyl (C=O) groups excluding carboxylic acids is 1. The molecule has 2 amide bonds. The van der Waals surface area contributed by atoms with Crippen LogP contribution >= 0.6 is 0 Å². The zero-order chi connectivity index (χ0) is 34.7. The lowest BCUT2D eigenvalue weighted by molar-refractivity contribution is 0.167. The highest BCUT2D eigenvalue weighted by atomic mass is 32.2. The van der Waals surface area contributed by atoms with Gasteiger partial charge in [-0.25, -0.2) is 21.6 Å². The fourth-order valence-electron chi connectivity index (χ4n) is 5.38. The number of phenols is 1. The lowest BCUT2D eigenvalue weighted by Crippen LogP contribution is -2.43. The van der Waals surface area contributed by atoms with E-state index in [1.54, 1.807) is 30.3 Å². The van der Waals surface area contributed by atoms with Gasteiger partial charge in [-0.3, -0.25) is 9.44 Å². The van der Waals surface area contributed by atoms with E-state index in [0.717, 1.165) is 63.6 Å². The fraction of sp³-hybridized carbons (Fsp3) is 0.424. The number of phenolic OH excluding ortho intramolecular Hbond substituents is 1. The van der Waals surface area contributed by atoms with Gasteiger partial charge in [0.15, 0.2) is 0 Å². The number of hydrogen-bond donors (Lipinski definition) is 7. The number of hydrogen-bond acceptors (Lipinski definition) is 9. The molecule has 48 heavy (non-hydrogen) atoms. The molecule has 0 bridgehead atoms. The maximum atomic E-state index is 13.0. The summed E-state index contributed by atoms with van der Waals surface area (Å²) in [6.45, 7) is 4.50. The van der Waals surface area contributed by atoms with Crippen LogP contribution in [0.5, 0.6) is 5.75 Å². The first-order chi connectivity index (χ1) is 22.8. The first-order valence-corrected chi connectivity index (χ1v) is 19.5. The number of benzene rings is 3. The molecule has 4 rings (SSSR count). The number of carbonyl (C=O) groups is 1. The number of urea groups is 1. The second-order valence-electron chi connectivity index (χ2n) is 12.0. The predicted molar refractivity (Wildman–Crippen MR) is 190 cm³/mol. The van der Waals surface area contributed by atoms with Gasteiger partial charge in [-0.05, 0) is 85.5 Å². The number of rotatable bonds is 16. The van der Waals surface area contributed by atoms with Crippen LogP contribution in [-0.2, 0) is 20.0 Å². The minimum absolute atomic E-state index is 0.0124. The van der Waals surface area contributed by atoms with Crippen LogP contribution in [0.2, 0.25) is 0 Å². The van der Waals surface area contributed by atoms with Crippen molar-refractivity contribution in [2.24, 2.45) is 0 Å². The summed E-state index contributed by atoms with van der Waals surface area (Å²) in [7, 11) is -7.42. The van der Waals surface area contributed by atoms with Crippen LogP contribution in [0.1, 0.15) is 57.1 Å². The van der Waals surface area contributed by atoms with E-state index in [2.05, 4.69) is 37.2 Å². The van der Waals surface area contributed by atoms with Crippen molar-refractivity contribution in [2.45, 2.75) is 62.5 Å². The second-order valence-corrected chi connectivity index (χ2v) is 15.4. The van der Waals surface area contributed by atoms with Gasteiger partial charge in [-0.2, -0.15) is 0 Å². The molecular formula is C33H46N6O7S2. The van der Waals surface area contributed by atoms with E-state index < -0.39 is 26.2 Å². The normalized spacial score (nSPS) is 14.7. The van der Waals surface area contributed by atoms with Gasteiger partial charge in [0.2, 0.25) is 10.0 Å². The number of amides is 2. The van der Waals surface area contributed by atoms with Crippen molar-refractivity contribution in [1.29, 1.82) is 0 Å². The van der Waals surface area contributed by atoms with Gasteiger partial charge in [0, 0.05) is 49.3 Å². The highest BCUT2D eigenvalue weighted by Gasteiger charge is 2.21. The number of aliphatic hydroxyl groups excluding tert-OH is 1. The molecule has 0 spiro atoms. The molecule has 262 valence electrons. The molecule has 15 heteroatoms. The van der Waals surface area contributed by atoms with E-state index in [1.807, 2.05) is 12.1 Å². The highest BCUT2D eigenvalue weighted by Crippen LogP contribution is 2.28. The third kappa shape index (κ3) is 11.3. The third-order valence-electron chi connectivity index (χ3n) is 8.02. The van der Waals surface area contributed by atoms with Crippen molar-refractivity contribution < 1.29 is 31.8 Å². The summed E-state index contributed by atoms with van der Waals surface area (Å²) >= 11 is 0. The van der Waals surface area contributed by atoms with Gasteiger partial charge in [0.1, 0.15) is 5.75 Å². The SMILES string of the molecule is CCCCCCNC(=O)Nc1ccc(S(=O)(=O)Nc2ccc(N3CCC(NC[C@H](O)c4ccc(O)c(NS(C)(=O)=O)c4)CC3)cc2)cc1. The smallest absolute Gasteiger partial charge is 0.319 e. The maximum absolute atomic E-state index is 13.0. The van der Waals surface area contributed by atoms with Gasteiger partial charge in [0.05, 0.1) is 22.9 Å². The Hall–Kier alpha value is -4.05. The van der Waals surface area contributed by atoms with Crippen molar-refractivity contribution in [3.8, 4) is 5.75 Å². The zero-order valence-corrected chi connectivity index (χ0v) is 28.9. The molecule has 7 N–H and O–H groups in total. The quantitative estimate of drug-likeness (QED) is 0.0829. The van der Waals surface area contributed by atoms with Crippen LogP contribution < -0.4 is 30.3 Å². The first kappa shape index (κ1) is 36.8. The highest BCUT2D eigenvalue weighted by molar-refractivity contribution is 7.92. The van der Waals surface area contributed by atoms with Crippen LogP contribution in [0.25, 0.3) is 0 Å². The van der Waals surface area contributed by atoms with Gasteiger partial charge in [-0.1, -0.05) is 32.3 Å². The Morgan fingerprint density at radius 3 is 2.21 bits per heavy atom. The van der Waals surface area contributed by atoms with Gasteiger partial charge in [0.25, 0.3) is 10.0 Å². The van der Waals surface area contributed by atoms with Crippen LogP contribution in [0.15, 0.2) is 71.6 Å².